The predicted octanol–water partition coefficient (Wildman–Crippen LogP) is 6.41. The van der Waals surface area contributed by atoms with Crippen molar-refractivity contribution in [2.24, 2.45) is 0 Å². The lowest BCUT2D eigenvalue weighted by molar-refractivity contribution is -0.00596. The highest BCUT2D eigenvalue weighted by atomic mass is 35.5. The van der Waals surface area contributed by atoms with Crippen LogP contribution in [0.25, 0.3) is 0 Å². The zero-order valence-electron chi connectivity index (χ0n) is 18.1. The van der Waals surface area contributed by atoms with E-state index < -0.39 is 5.60 Å². The minimum Gasteiger partial charge on any atom is -0.444 e. The first-order chi connectivity index (χ1) is 14.2. The Morgan fingerprint density at radius 2 is 1.50 bits per heavy atom. The van der Waals surface area contributed by atoms with Gasteiger partial charge in [0.25, 0.3) is 0 Å². The molecule has 0 radical (unpaired) electrons. The Morgan fingerprint density at radius 1 is 1.00 bits per heavy atom. The number of ether oxygens (including phenoxy) is 1. The molecule has 0 N–H and O–H groups in total. The van der Waals surface area contributed by atoms with Crippen molar-refractivity contribution in [1.29, 1.82) is 0 Å². The number of hydrogen-bond donors (Lipinski definition) is 0. The second-order valence-corrected chi connectivity index (χ2v) is 9.61. The van der Waals surface area contributed by atoms with Crippen LogP contribution >= 0.6 is 23.2 Å². The first-order valence-corrected chi connectivity index (χ1v) is 11.2. The average Bonchev–Trinajstić information content (AvgIpc) is 2.69. The molecule has 1 aliphatic rings. The Bertz CT molecular complexity index is 802. The van der Waals surface area contributed by atoms with Crippen molar-refractivity contribution in [3.8, 4) is 0 Å². The largest absolute Gasteiger partial charge is 0.444 e. The number of halogens is 2. The minimum absolute atomic E-state index is 0.0642. The molecule has 0 aromatic heterocycles. The minimum atomic E-state index is -0.498. The molecule has 0 unspecified atom stereocenters. The van der Waals surface area contributed by atoms with Gasteiger partial charge >= 0.3 is 6.09 Å². The first kappa shape index (κ1) is 22.9. The van der Waals surface area contributed by atoms with E-state index in [9.17, 15) is 4.79 Å². The van der Waals surface area contributed by atoms with E-state index in [0.29, 0.717) is 6.54 Å². The van der Waals surface area contributed by atoms with E-state index in [1.165, 1.54) is 11.1 Å². The van der Waals surface area contributed by atoms with Crippen LogP contribution in [0.5, 0.6) is 0 Å². The Balaban J connectivity index is 1.87. The normalized spacial score (nSPS) is 18.0. The van der Waals surface area contributed by atoms with E-state index in [0.717, 1.165) is 29.6 Å². The molecule has 0 aliphatic carbocycles. The van der Waals surface area contributed by atoms with Gasteiger partial charge in [-0.25, -0.2) is 4.79 Å². The van der Waals surface area contributed by atoms with Gasteiger partial charge in [-0.2, -0.15) is 0 Å². The molecule has 4 nitrogen and oxygen atoms in total. The monoisotopic (exact) mass is 448 g/mol. The van der Waals surface area contributed by atoms with Crippen LogP contribution in [0.2, 0.25) is 10.0 Å². The third-order valence-electron chi connectivity index (χ3n) is 5.35. The SMILES string of the molecule is CC[C@H]1CN(C(c2ccc(Cl)cc2)c2ccc(Cl)cc2)CCN1C(=O)OC(C)(C)C. The van der Waals surface area contributed by atoms with Gasteiger partial charge in [0.05, 0.1) is 6.04 Å². The van der Waals surface area contributed by atoms with Crippen LogP contribution in [-0.4, -0.2) is 47.2 Å². The van der Waals surface area contributed by atoms with E-state index in [-0.39, 0.29) is 18.2 Å². The van der Waals surface area contributed by atoms with Gasteiger partial charge in [0.1, 0.15) is 5.60 Å². The molecule has 1 saturated heterocycles. The molecule has 2 aromatic carbocycles. The molecule has 0 spiro atoms. The van der Waals surface area contributed by atoms with Crippen molar-refractivity contribution in [3.05, 3.63) is 69.7 Å². The summed E-state index contributed by atoms with van der Waals surface area (Å²) >= 11 is 12.3. The second-order valence-electron chi connectivity index (χ2n) is 8.74. The van der Waals surface area contributed by atoms with E-state index in [1.54, 1.807) is 0 Å². The van der Waals surface area contributed by atoms with Gasteiger partial charge in [0.15, 0.2) is 0 Å². The van der Waals surface area contributed by atoms with Crippen LogP contribution in [0, 0.1) is 0 Å². The lowest BCUT2D eigenvalue weighted by Gasteiger charge is -2.44. The summed E-state index contributed by atoms with van der Waals surface area (Å²) < 4.78 is 5.64. The summed E-state index contributed by atoms with van der Waals surface area (Å²) in [6.07, 6.45) is 0.632. The predicted molar refractivity (Wildman–Crippen MR) is 123 cm³/mol. The molecular formula is C24H30Cl2N2O2. The van der Waals surface area contributed by atoms with Crippen LogP contribution in [0.4, 0.5) is 4.79 Å². The zero-order valence-corrected chi connectivity index (χ0v) is 19.6. The molecule has 2 aromatic rings. The van der Waals surface area contributed by atoms with Crippen molar-refractivity contribution in [2.75, 3.05) is 19.6 Å². The second kappa shape index (κ2) is 9.59. The summed E-state index contributed by atoms with van der Waals surface area (Å²) in [6, 6.07) is 16.1. The molecule has 0 bridgehead atoms. The summed E-state index contributed by atoms with van der Waals surface area (Å²) in [5.41, 5.74) is 1.84. The number of nitrogens with zero attached hydrogens (tertiary/aromatic N) is 2. The third kappa shape index (κ3) is 5.69. The fourth-order valence-corrected chi connectivity index (χ4v) is 4.18. The number of hydrogen-bond acceptors (Lipinski definition) is 3. The van der Waals surface area contributed by atoms with Gasteiger partial charge in [0.2, 0.25) is 0 Å². The lowest BCUT2D eigenvalue weighted by atomic mass is 9.95. The maximum absolute atomic E-state index is 12.7. The van der Waals surface area contributed by atoms with E-state index in [2.05, 4.69) is 36.1 Å². The van der Waals surface area contributed by atoms with Gasteiger partial charge in [-0.05, 0) is 62.6 Å². The molecule has 3 rings (SSSR count). The van der Waals surface area contributed by atoms with Crippen LogP contribution in [0.3, 0.4) is 0 Å². The maximum atomic E-state index is 12.7. The number of benzene rings is 2. The molecular weight excluding hydrogens is 419 g/mol. The van der Waals surface area contributed by atoms with E-state index >= 15 is 0 Å². The van der Waals surface area contributed by atoms with Crippen LogP contribution in [0.1, 0.15) is 51.3 Å². The molecule has 0 saturated carbocycles. The molecule has 1 fully saturated rings. The van der Waals surface area contributed by atoms with Gasteiger partial charge in [-0.1, -0.05) is 54.4 Å². The highest BCUT2D eigenvalue weighted by Crippen LogP contribution is 2.33. The van der Waals surface area contributed by atoms with Crippen molar-refractivity contribution >= 4 is 29.3 Å². The summed E-state index contributed by atoms with van der Waals surface area (Å²) in [4.78, 5) is 17.0. The number of rotatable bonds is 4. The number of piperazine rings is 1. The fourth-order valence-electron chi connectivity index (χ4n) is 3.93. The zero-order chi connectivity index (χ0) is 21.9. The summed E-state index contributed by atoms with van der Waals surface area (Å²) in [5.74, 6) is 0. The smallest absolute Gasteiger partial charge is 0.410 e. The van der Waals surface area contributed by atoms with Gasteiger partial charge in [0, 0.05) is 35.7 Å². The molecule has 1 atom stereocenters. The molecule has 162 valence electrons. The summed E-state index contributed by atoms with van der Waals surface area (Å²) in [7, 11) is 0. The Morgan fingerprint density at radius 3 is 1.93 bits per heavy atom. The highest BCUT2D eigenvalue weighted by Gasteiger charge is 2.35. The lowest BCUT2D eigenvalue weighted by Crippen LogP contribution is -2.56. The van der Waals surface area contributed by atoms with Gasteiger partial charge in [-0.3, -0.25) is 4.90 Å². The summed E-state index contributed by atoms with van der Waals surface area (Å²) in [6.45, 7) is 9.98. The topological polar surface area (TPSA) is 32.8 Å². The molecule has 1 aliphatic heterocycles. The standard InChI is InChI=1S/C24H30Cl2N2O2/c1-5-21-16-27(14-15-28(21)23(29)30-24(2,3)4)22(17-6-10-19(25)11-7-17)18-8-12-20(26)13-9-18/h6-13,21-22H,5,14-16H2,1-4H3/t21-/m0/s1. The number of amides is 1. The molecule has 1 amide bonds. The average molecular weight is 449 g/mol. The first-order valence-electron chi connectivity index (χ1n) is 10.4. The van der Waals surface area contributed by atoms with E-state index in [4.69, 9.17) is 27.9 Å². The van der Waals surface area contributed by atoms with Crippen molar-refractivity contribution in [3.63, 3.8) is 0 Å². The van der Waals surface area contributed by atoms with Crippen molar-refractivity contribution < 1.29 is 9.53 Å². The van der Waals surface area contributed by atoms with Gasteiger partial charge < -0.3 is 9.64 Å². The molecule has 6 heteroatoms. The number of carbonyl (C=O) groups excluding carboxylic acids is 1. The fraction of sp³-hybridized carbons (Fsp3) is 0.458. The maximum Gasteiger partial charge on any atom is 0.410 e. The van der Waals surface area contributed by atoms with Crippen LogP contribution in [-0.2, 0) is 4.74 Å². The van der Waals surface area contributed by atoms with Gasteiger partial charge in [-0.15, -0.1) is 0 Å². The van der Waals surface area contributed by atoms with E-state index in [1.807, 2.05) is 49.9 Å². The molecule has 30 heavy (non-hydrogen) atoms. The van der Waals surface area contributed by atoms with Crippen molar-refractivity contribution in [1.82, 2.24) is 9.80 Å². The van der Waals surface area contributed by atoms with Crippen molar-refractivity contribution in [2.45, 2.75) is 51.8 Å². The van der Waals surface area contributed by atoms with Crippen LogP contribution < -0.4 is 0 Å². The Labute approximate surface area is 189 Å². The number of carbonyl (C=O) groups is 1. The summed E-state index contributed by atoms with van der Waals surface area (Å²) in [5, 5.41) is 1.43. The molecule has 1 heterocycles. The highest BCUT2D eigenvalue weighted by molar-refractivity contribution is 6.30. The third-order valence-corrected chi connectivity index (χ3v) is 5.85. The quantitative estimate of drug-likeness (QED) is 0.541. The Kier molecular flexibility index (Phi) is 7.33. The van der Waals surface area contributed by atoms with Crippen LogP contribution in [0.15, 0.2) is 48.5 Å². The Hall–Kier alpha value is -1.75.